The molecule has 0 aliphatic carbocycles. The first kappa shape index (κ1) is 61.1. The number of para-hydroxylation sites is 1. The van der Waals surface area contributed by atoms with Crippen LogP contribution in [0.2, 0.25) is 0 Å². The number of aromatic nitrogens is 9. The highest BCUT2D eigenvalue weighted by molar-refractivity contribution is 5.85. The van der Waals surface area contributed by atoms with Gasteiger partial charge in [-0.15, -0.1) is 0 Å². The molecule has 3 aliphatic rings. The van der Waals surface area contributed by atoms with Gasteiger partial charge in [0, 0.05) is 48.2 Å². The lowest BCUT2D eigenvalue weighted by Gasteiger charge is -2.18. The molecule has 6 aromatic heterocycles. The number of benzene rings is 3. The largest absolute Gasteiger partial charge is 0.497 e. The molecule has 3 aliphatic heterocycles. The van der Waals surface area contributed by atoms with Crippen molar-refractivity contribution in [2.75, 3.05) is 41.2 Å². The van der Waals surface area contributed by atoms with Gasteiger partial charge < -0.3 is 87.9 Å². The molecule has 9 N–H and O–H groups in total. The summed E-state index contributed by atoms with van der Waals surface area (Å²) in [5.74, 6) is 1.60. The van der Waals surface area contributed by atoms with E-state index in [9.17, 15) is 74.7 Å². The van der Waals surface area contributed by atoms with Crippen molar-refractivity contribution in [2.24, 2.45) is 0 Å². The predicted molar refractivity (Wildman–Crippen MR) is 293 cm³/mol. The van der Waals surface area contributed by atoms with E-state index < -0.39 is 127 Å². The molecule has 33 nitrogen and oxygen atoms in total. The van der Waals surface area contributed by atoms with Gasteiger partial charge in [-0.25, -0.2) is 14.4 Å². The molecule has 9 aromatic rings. The summed E-state index contributed by atoms with van der Waals surface area (Å²) in [4.78, 5) is 75.7. The first-order valence-corrected chi connectivity index (χ1v) is 26.4. The summed E-state index contributed by atoms with van der Waals surface area (Å²) in [6.45, 7) is -2.14. The fourth-order valence-corrected chi connectivity index (χ4v) is 10.1. The van der Waals surface area contributed by atoms with Gasteiger partial charge in [-0.2, -0.15) is 0 Å². The highest BCUT2D eigenvalue weighted by atomic mass is 16.6. The molecule has 3 unspecified atom stereocenters. The van der Waals surface area contributed by atoms with Crippen molar-refractivity contribution >= 4 is 32.9 Å². The highest BCUT2D eigenvalue weighted by Crippen LogP contribution is 2.32. The topological polar surface area (TPSA) is 448 Å². The van der Waals surface area contributed by atoms with Crippen molar-refractivity contribution in [2.45, 2.75) is 93.3 Å². The normalized spacial score (nSPS) is 24.3. The van der Waals surface area contributed by atoms with Crippen molar-refractivity contribution in [1.82, 2.24) is 42.9 Å². The SMILES string of the molecule is COc1ccc2c(Cn3c(=O)ccn([C@@H]4O[C@H](CO)[C@H](O)C4O)c3=O)noc2c1.COc1ccc2onc(Cn3c(=O)ccn([C@@H]4O[C@H](CO)[C@H](O)C4O)c3=O)c2c1.COc1cccc2c(Cn3c(=O)ccn([C@@H]4O[C@H](CO)[C@H](O)C4O)c3=O)noc12. The molecule has 33 heteroatoms. The molecule has 462 valence electrons. The van der Waals surface area contributed by atoms with Crippen molar-refractivity contribution in [3.05, 3.63) is 171 Å². The van der Waals surface area contributed by atoms with E-state index in [1.165, 1.54) is 39.9 Å². The fourth-order valence-electron chi connectivity index (χ4n) is 10.1. The first-order chi connectivity index (χ1) is 41.8. The molecule has 3 aromatic carbocycles. The van der Waals surface area contributed by atoms with E-state index in [0.29, 0.717) is 67.2 Å². The smallest absolute Gasteiger partial charge is 0.333 e. The van der Waals surface area contributed by atoms with Crippen LogP contribution >= 0.6 is 0 Å². The third kappa shape index (κ3) is 11.6. The Balaban J connectivity index is 0.000000144. The molecule has 12 rings (SSSR count). The van der Waals surface area contributed by atoms with Gasteiger partial charge in [-0.3, -0.25) is 41.8 Å². The summed E-state index contributed by atoms with van der Waals surface area (Å²) in [5, 5.41) is 102. The standard InChI is InChI=1S/3C18H19N3O8/c1-27-9-2-3-12-10(6-9)11(19-29-12)7-21-14(23)4-5-20(18(21)26)17-16(25)15(24)13(8-22)28-17;1-27-9-2-3-10-11(19-29-12(10)6-9)7-21-14(23)4-5-20(18(21)26)17-16(25)15(24)13(8-22)28-17;1-27-11-4-2-3-9-10(19-29-16(9)11)7-21-13(23)5-6-20(18(21)26)17-15(25)14(24)12(8-22)28-17/h2*2-6,13,15-17,22,24-25H,7-8H2,1H3;2-6,12,14-15,17,22,24-25H,7-8H2,1H3/t2*13-,15+,16?,17-;12-,14+,15?,17-/m111/s1. The molecular formula is C54H57N9O24. The zero-order chi connectivity index (χ0) is 62.1. The molecule has 3 saturated heterocycles. The number of nitrogens with zero attached hydrogens (tertiary/aromatic N) is 9. The zero-order valence-electron chi connectivity index (χ0n) is 46.0. The van der Waals surface area contributed by atoms with E-state index in [2.05, 4.69) is 15.5 Å². The average Bonchev–Trinajstić information content (AvgIpc) is 2.15. The third-order valence-electron chi connectivity index (χ3n) is 14.8. The number of aliphatic hydroxyl groups is 9. The van der Waals surface area contributed by atoms with Gasteiger partial charge in [-0.05, 0) is 42.5 Å². The van der Waals surface area contributed by atoms with Crippen LogP contribution in [0.1, 0.15) is 35.8 Å². The lowest BCUT2D eigenvalue weighted by Crippen LogP contribution is -2.43. The third-order valence-corrected chi connectivity index (χ3v) is 14.8. The molecule has 0 saturated carbocycles. The van der Waals surface area contributed by atoms with Crippen molar-refractivity contribution in [3.8, 4) is 17.2 Å². The van der Waals surface area contributed by atoms with Crippen LogP contribution in [-0.2, 0) is 33.8 Å². The maximum atomic E-state index is 12.9. The number of methoxy groups -OCH3 is 3. The predicted octanol–water partition coefficient (Wildman–Crippen LogP) is -3.54. The molecular weight excluding hydrogens is 1160 g/mol. The Morgan fingerprint density at radius 2 is 0.839 bits per heavy atom. The van der Waals surface area contributed by atoms with Crippen LogP contribution in [-0.4, -0.2) is 185 Å². The molecule has 0 radical (unpaired) electrons. The summed E-state index contributed by atoms with van der Waals surface area (Å²) >= 11 is 0. The monoisotopic (exact) mass is 1220 g/mol. The average molecular weight is 1220 g/mol. The Morgan fingerprint density at radius 1 is 0.437 bits per heavy atom. The summed E-state index contributed by atoms with van der Waals surface area (Å²) in [6.07, 6.45) is -11.8. The number of hydrogen-bond acceptors (Lipinski definition) is 27. The second-order valence-electron chi connectivity index (χ2n) is 19.9. The lowest BCUT2D eigenvalue weighted by molar-refractivity contribution is -0.0555. The second kappa shape index (κ2) is 25.5. The number of aliphatic hydroxyl groups excluding tert-OH is 9. The number of hydrogen-bond donors (Lipinski definition) is 9. The number of rotatable bonds is 15. The molecule has 0 spiro atoms. The van der Waals surface area contributed by atoms with Gasteiger partial charge in [0.15, 0.2) is 35.6 Å². The van der Waals surface area contributed by atoms with Crippen LogP contribution in [0.5, 0.6) is 17.2 Å². The van der Waals surface area contributed by atoms with Crippen molar-refractivity contribution < 1.29 is 87.9 Å². The minimum Gasteiger partial charge on any atom is -0.497 e. The highest BCUT2D eigenvalue weighted by Gasteiger charge is 2.46. The van der Waals surface area contributed by atoms with Gasteiger partial charge in [0.25, 0.3) is 16.7 Å². The summed E-state index contributed by atoms with van der Waals surface area (Å²) in [5.41, 5.74) is -1.72. The van der Waals surface area contributed by atoms with Gasteiger partial charge in [0.1, 0.15) is 83.5 Å². The van der Waals surface area contributed by atoms with Gasteiger partial charge in [-0.1, -0.05) is 21.5 Å². The van der Waals surface area contributed by atoms with E-state index in [1.54, 1.807) is 54.6 Å². The first-order valence-electron chi connectivity index (χ1n) is 26.4. The molecule has 9 heterocycles. The Hall–Kier alpha value is -8.97. The van der Waals surface area contributed by atoms with E-state index in [4.69, 9.17) is 42.0 Å². The molecule has 0 amide bonds. The maximum Gasteiger partial charge on any atom is 0.333 e. The fraction of sp³-hybridized carbons (Fsp3) is 0.389. The molecule has 87 heavy (non-hydrogen) atoms. The Labute approximate surface area is 485 Å². The molecule has 12 atom stereocenters. The number of fused-ring (bicyclic) bond motifs is 3. The molecule has 0 bridgehead atoms. The Morgan fingerprint density at radius 3 is 1.26 bits per heavy atom. The van der Waals surface area contributed by atoms with Crippen molar-refractivity contribution in [1.29, 1.82) is 0 Å². The summed E-state index contributed by atoms with van der Waals surface area (Å²) in [6, 6.07) is 18.6. The zero-order valence-corrected chi connectivity index (χ0v) is 46.0. The minimum absolute atomic E-state index is 0.174. The summed E-state index contributed by atoms with van der Waals surface area (Å²) in [7, 11) is 4.51. The van der Waals surface area contributed by atoms with Crippen molar-refractivity contribution in [3.63, 3.8) is 0 Å². The lowest BCUT2D eigenvalue weighted by atomic mass is 10.1. The quantitative estimate of drug-likeness (QED) is 0.0480. The van der Waals surface area contributed by atoms with Gasteiger partial charge in [0.2, 0.25) is 5.58 Å². The van der Waals surface area contributed by atoms with Crippen LogP contribution < -0.4 is 48.0 Å². The van der Waals surface area contributed by atoms with E-state index in [1.807, 2.05) is 0 Å². The number of ether oxygens (including phenoxy) is 6. The van der Waals surface area contributed by atoms with E-state index in [0.717, 1.165) is 45.6 Å². The van der Waals surface area contributed by atoms with Crippen LogP contribution in [0.15, 0.2) is 134 Å². The summed E-state index contributed by atoms with van der Waals surface area (Å²) < 4.78 is 53.1. The van der Waals surface area contributed by atoms with Crippen LogP contribution in [0.25, 0.3) is 32.9 Å². The molecule has 3 fully saturated rings. The Bertz CT molecular complexity index is 4210. The second-order valence-corrected chi connectivity index (χ2v) is 19.9. The van der Waals surface area contributed by atoms with Gasteiger partial charge >= 0.3 is 17.1 Å². The van der Waals surface area contributed by atoms with Crippen LogP contribution in [0.4, 0.5) is 0 Å². The maximum absolute atomic E-state index is 12.9. The van der Waals surface area contributed by atoms with Crippen LogP contribution in [0.3, 0.4) is 0 Å². The van der Waals surface area contributed by atoms with E-state index >= 15 is 0 Å². The Kier molecular flexibility index (Phi) is 17.9. The van der Waals surface area contributed by atoms with E-state index in [-0.39, 0.29) is 19.6 Å². The minimum atomic E-state index is -1.45. The van der Waals surface area contributed by atoms with Crippen LogP contribution in [0, 0.1) is 0 Å². The van der Waals surface area contributed by atoms with Gasteiger partial charge in [0.05, 0.1) is 71.6 Å².